The normalized spacial score (nSPS) is 12.3. The summed E-state index contributed by atoms with van der Waals surface area (Å²) < 4.78 is 16.3. The summed E-state index contributed by atoms with van der Waals surface area (Å²) in [5.74, 6) is -0.857. The standard InChI is InChI=1S/C20H26FN7O/c1-11(2)6-14(9-22)26-20-16(21)8-15(18(23)29)19(27-20)25-13-5-4-12-10-24-28(3)17(12)7-13/h4-5,7-8,10-11,14H,6,9,22H2,1-3H3,(H2,23,29)(H2,25,26,27). The number of hydrogen-bond acceptors (Lipinski definition) is 6. The second-order valence-electron chi connectivity index (χ2n) is 7.45. The molecule has 0 aliphatic rings. The van der Waals surface area contributed by atoms with Crippen molar-refractivity contribution in [3.63, 3.8) is 0 Å². The number of pyridine rings is 1. The van der Waals surface area contributed by atoms with Gasteiger partial charge in [0.1, 0.15) is 5.82 Å². The van der Waals surface area contributed by atoms with Crippen LogP contribution in [0, 0.1) is 11.7 Å². The SMILES string of the molecule is CC(C)CC(CN)Nc1nc(Nc2ccc3cnn(C)c3c2)c(C(N)=O)cc1F. The van der Waals surface area contributed by atoms with Crippen LogP contribution in [0.4, 0.5) is 21.7 Å². The first-order valence-electron chi connectivity index (χ1n) is 9.44. The Labute approximate surface area is 168 Å². The molecule has 6 N–H and O–H groups in total. The van der Waals surface area contributed by atoms with Crippen LogP contribution in [0.25, 0.3) is 10.9 Å². The molecule has 8 nitrogen and oxygen atoms in total. The molecule has 0 spiro atoms. The van der Waals surface area contributed by atoms with E-state index in [0.29, 0.717) is 18.2 Å². The molecule has 9 heteroatoms. The van der Waals surface area contributed by atoms with Gasteiger partial charge in [-0.05, 0) is 36.6 Å². The molecule has 2 heterocycles. The highest BCUT2D eigenvalue weighted by atomic mass is 19.1. The zero-order chi connectivity index (χ0) is 21.1. The van der Waals surface area contributed by atoms with Crippen LogP contribution in [0.1, 0.15) is 30.6 Å². The Balaban J connectivity index is 1.96. The quantitative estimate of drug-likeness (QED) is 0.462. The largest absolute Gasteiger partial charge is 0.365 e. The molecule has 0 saturated heterocycles. The second-order valence-corrected chi connectivity index (χ2v) is 7.45. The van der Waals surface area contributed by atoms with Crippen molar-refractivity contribution >= 4 is 34.1 Å². The first-order chi connectivity index (χ1) is 13.8. The van der Waals surface area contributed by atoms with E-state index >= 15 is 0 Å². The number of carbonyl (C=O) groups excluding carboxylic acids is 1. The number of nitrogens with two attached hydrogens (primary N) is 2. The number of rotatable bonds is 8. The summed E-state index contributed by atoms with van der Waals surface area (Å²) >= 11 is 0. The minimum absolute atomic E-state index is 0.0233. The van der Waals surface area contributed by atoms with Crippen molar-refractivity contribution in [2.45, 2.75) is 26.3 Å². The highest BCUT2D eigenvalue weighted by Crippen LogP contribution is 2.26. The molecule has 1 aromatic carbocycles. The Bertz CT molecular complexity index is 1030. The zero-order valence-electron chi connectivity index (χ0n) is 16.7. The summed E-state index contributed by atoms with van der Waals surface area (Å²) in [4.78, 5) is 16.1. The fourth-order valence-corrected chi connectivity index (χ4v) is 3.21. The van der Waals surface area contributed by atoms with Crippen LogP contribution >= 0.6 is 0 Å². The van der Waals surface area contributed by atoms with Gasteiger partial charge in [0.15, 0.2) is 11.6 Å². The van der Waals surface area contributed by atoms with E-state index in [1.165, 1.54) is 0 Å². The zero-order valence-corrected chi connectivity index (χ0v) is 16.7. The Morgan fingerprint density at radius 1 is 1.28 bits per heavy atom. The lowest BCUT2D eigenvalue weighted by atomic mass is 10.0. The van der Waals surface area contributed by atoms with E-state index in [2.05, 4.69) is 34.6 Å². The molecule has 0 saturated carbocycles. The predicted octanol–water partition coefficient (Wildman–Crippen LogP) is 2.74. The Morgan fingerprint density at radius 3 is 2.69 bits per heavy atom. The number of carbonyl (C=O) groups is 1. The number of primary amides is 1. The summed E-state index contributed by atoms with van der Waals surface area (Å²) in [5.41, 5.74) is 12.8. The lowest BCUT2D eigenvalue weighted by Crippen LogP contribution is -2.31. The van der Waals surface area contributed by atoms with Crippen molar-refractivity contribution in [3.05, 3.63) is 41.8 Å². The number of aryl methyl sites for hydroxylation is 1. The van der Waals surface area contributed by atoms with Gasteiger partial charge in [0.25, 0.3) is 5.91 Å². The van der Waals surface area contributed by atoms with E-state index in [-0.39, 0.29) is 23.2 Å². The number of benzene rings is 1. The molecule has 154 valence electrons. The number of amides is 1. The third-order valence-electron chi connectivity index (χ3n) is 4.63. The molecule has 1 unspecified atom stereocenters. The molecule has 0 fully saturated rings. The first kappa shape index (κ1) is 20.5. The van der Waals surface area contributed by atoms with Crippen LogP contribution in [0.3, 0.4) is 0 Å². The van der Waals surface area contributed by atoms with E-state index in [1.54, 1.807) is 10.9 Å². The van der Waals surface area contributed by atoms with Crippen LogP contribution in [0.5, 0.6) is 0 Å². The van der Waals surface area contributed by atoms with Crippen molar-refractivity contribution in [2.24, 2.45) is 24.4 Å². The molecule has 0 radical (unpaired) electrons. The summed E-state index contributed by atoms with van der Waals surface area (Å²) in [6.07, 6.45) is 2.52. The van der Waals surface area contributed by atoms with Crippen molar-refractivity contribution in [1.82, 2.24) is 14.8 Å². The van der Waals surface area contributed by atoms with E-state index in [1.807, 2.05) is 25.2 Å². The number of anilines is 3. The lowest BCUT2D eigenvalue weighted by molar-refractivity contribution is 0.100. The number of hydrogen-bond donors (Lipinski definition) is 4. The van der Waals surface area contributed by atoms with Crippen molar-refractivity contribution in [2.75, 3.05) is 17.2 Å². The number of nitrogens with zero attached hydrogens (tertiary/aromatic N) is 3. The molecule has 2 aromatic heterocycles. The van der Waals surface area contributed by atoms with E-state index in [4.69, 9.17) is 11.5 Å². The van der Waals surface area contributed by atoms with Crippen molar-refractivity contribution in [1.29, 1.82) is 0 Å². The van der Waals surface area contributed by atoms with Crippen LogP contribution in [0.15, 0.2) is 30.5 Å². The monoisotopic (exact) mass is 399 g/mol. The van der Waals surface area contributed by atoms with Crippen LogP contribution in [0.2, 0.25) is 0 Å². The molecular formula is C20H26FN7O. The highest BCUT2D eigenvalue weighted by Gasteiger charge is 2.19. The van der Waals surface area contributed by atoms with Gasteiger partial charge in [-0.1, -0.05) is 13.8 Å². The molecule has 0 aliphatic heterocycles. The third kappa shape index (κ3) is 4.62. The predicted molar refractivity (Wildman–Crippen MR) is 113 cm³/mol. The fraction of sp³-hybridized carbons (Fsp3) is 0.350. The average Bonchev–Trinajstić information content (AvgIpc) is 3.03. The van der Waals surface area contributed by atoms with Gasteiger partial charge in [-0.2, -0.15) is 5.10 Å². The first-order valence-corrected chi connectivity index (χ1v) is 9.44. The number of halogens is 1. The average molecular weight is 399 g/mol. The van der Waals surface area contributed by atoms with Gasteiger partial charge in [-0.15, -0.1) is 0 Å². The summed E-state index contributed by atoms with van der Waals surface area (Å²) in [6, 6.07) is 6.53. The maximum atomic E-state index is 14.6. The molecule has 3 aromatic rings. The van der Waals surface area contributed by atoms with Gasteiger partial charge in [0, 0.05) is 30.7 Å². The molecule has 3 rings (SSSR count). The van der Waals surface area contributed by atoms with Crippen LogP contribution in [-0.2, 0) is 7.05 Å². The lowest BCUT2D eigenvalue weighted by Gasteiger charge is -2.21. The molecule has 0 bridgehead atoms. The van der Waals surface area contributed by atoms with Gasteiger partial charge in [-0.3, -0.25) is 9.48 Å². The molecule has 0 aliphatic carbocycles. The van der Waals surface area contributed by atoms with Gasteiger partial charge in [0.2, 0.25) is 0 Å². The van der Waals surface area contributed by atoms with Gasteiger partial charge in [0.05, 0.1) is 17.3 Å². The number of nitrogens with one attached hydrogen (secondary N) is 2. The molecule has 1 amide bonds. The van der Waals surface area contributed by atoms with Gasteiger partial charge in [-0.25, -0.2) is 9.37 Å². The second kappa shape index (κ2) is 8.44. The topological polar surface area (TPSA) is 124 Å². The summed E-state index contributed by atoms with van der Waals surface area (Å²) in [7, 11) is 1.83. The number of fused-ring (bicyclic) bond motifs is 1. The third-order valence-corrected chi connectivity index (χ3v) is 4.63. The minimum Gasteiger partial charge on any atom is -0.365 e. The Hall–Kier alpha value is -3.20. The summed E-state index contributed by atoms with van der Waals surface area (Å²) in [5, 5.41) is 11.3. The molecular weight excluding hydrogens is 373 g/mol. The van der Waals surface area contributed by atoms with Crippen molar-refractivity contribution < 1.29 is 9.18 Å². The fourth-order valence-electron chi connectivity index (χ4n) is 3.21. The summed E-state index contributed by atoms with van der Waals surface area (Å²) in [6.45, 7) is 4.45. The Kier molecular flexibility index (Phi) is 5.97. The van der Waals surface area contributed by atoms with Crippen LogP contribution < -0.4 is 22.1 Å². The smallest absolute Gasteiger partial charge is 0.252 e. The minimum atomic E-state index is -0.774. The molecule has 29 heavy (non-hydrogen) atoms. The van der Waals surface area contributed by atoms with Gasteiger partial charge >= 0.3 is 0 Å². The van der Waals surface area contributed by atoms with E-state index in [9.17, 15) is 9.18 Å². The van der Waals surface area contributed by atoms with Gasteiger partial charge < -0.3 is 22.1 Å². The van der Waals surface area contributed by atoms with Crippen molar-refractivity contribution in [3.8, 4) is 0 Å². The van der Waals surface area contributed by atoms with E-state index < -0.39 is 11.7 Å². The Morgan fingerprint density at radius 2 is 2.03 bits per heavy atom. The highest BCUT2D eigenvalue weighted by molar-refractivity contribution is 5.99. The maximum absolute atomic E-state index is 14.6. The van der Waals surface area contributed by atoms with E-state index in [0.717, 1.165) is 23.4 Å². The maximum Gasteiger partial charge on any atom is 0.252 e. The number of aromatic nitrogens is 3. The molecule has 1 atom stereocenters. The van der Waals surface area contributed by atoms with Crippen LogP contribution in [-0.4, -0.2) is 33.3 Å².